The number of halogens is 4. The van der Waals surface area contributed by atoms with Gasteiger partial charge in [0.25, 0.3) is 5.54 Å². The van der Waals surface area contributed by atoms with E-state index in [2.05, 4.69) is 0 Å². The molecule has 0 saturated heterocycles. The number of anilines is 1. The fourth-order valence-corrected chi connectivity index (χ4v) is 3.07. The van der Waals surface area contributed by atoms with Crippen molar-refractivity contribution in [2.24, 2.45) is 0 Å². The Morgan fingerprint density at radius 1 is 1.26 bits per heavy atom. The Labute approximate surface area is 157 Å². The van der Waals surface area contributed by atoms with Gasteiger partial charge in [-0.3, -0.25) is 4.90 Å². The third kappa shape index (κ3) is 3.15. The molecular formula is C18H13ClF3N3O2. The molecule has 9 heteroatoms. The molecular weight excluding hydrogens is 383 g/mol. The second-order valence-electron chi connectivity index (χ2n) is 5.89. The molecule has 0 bridgehead atoms. The number of carbonyl (C=O) groups is 1. The first-order valence-electron chi connectivity index (χ1n) is 7.72. The highest BCUT2D eigenvalue weighted by Crippen LogP contribution is 2.46. The van der Waals surface area contributed by atoms with Gasteiger partial charge >= 0.3 is 12.2 Å². The monoisotopic (exact) mass is 395 g/mol. The average Bonchev–Trinajstić information content (AvgIpc) is 2.63. The Morgan fingerprint density at radius 3 is 2.48 bits per heavy atom. The van der Waals surface area contributed by atoms with E-state index >= 15 is 0 Å². The maximum atomic E-state index is 13.7. The fraction of sp³-hybridized carbons (Fsp3) is 0.222. The molecule has 0 aromatic heterocycles. The number of rotatable bonds is 3. The summed E-state index contributed by atoms with van der Waals surface area (Å²) in [5, 5.41) is 11.1. The molecule has 0 spiro atoms. The van der Waals surface area contributed by atoms with Crippen LogP contribution in [0.25, 0.3) is 0 Å². The summed E-state index contributed by atoms with van der Waals surface area (Å²) < 4.78 is 46.2. The van der Waals surface area contributed by atoms with Crippen LogP contribution < -0.4 is 15.0 Å². The number of urea groups is 1. The number of hydrogen-bond acceptors (Lipinski definition) is 3. The minimum atomic E-state index is -5.02. The first-order valence-corrected chi connectivity index (χ1v) is 8.10. The van der Waals surface area contributed by atoms with Gasteiger partial charge < -0.3 is 10.1 Å². The molecule has 0 radical (unpaired) electrons. The molecule has 0 aliphatic carbocycles. The van der Waals surface area contributed by atoms with Crippen LogP contribution in [0, 0.1) is 11.3 Å². The van der Waals surface area contributed by atoms with Crippen LogP contribution in [0.5, 0.6) is 5.75 Å². The maximum absolute atomic E-state index is 13.7. The van der Waals surface area contributed by atoms with E-state index in [1.54, 1.807) is 24.3 Å². The number of carbonyl (C=O) groups excluding carboxylic acids is 1. The zero-order valence-corrected chi connectivity index (χ0v) is 14.7. The van der Waals surface area contributed by atoms with E-state index in [-0.39, 0.29) is 17.3 Å². The summed E-state index contributed by atoms with van der Waals surface area (Å²) in [6, 6.07) is 10.6. The van der Waals surface area contributed by atoms with Crippen molar-refractivity contribution in [3.63, 3.8) is 0 Å². The van der Waals surface area contributed by atoms with Gasteiger partial charge in [-0.25, -0.2) is 4.79 Å². The van der Waals surface area contributed by atoms with Gasteiger partial charge in [0.05, 0.1) is 19.3 Å². The molecule has 1 atom stereocenters. The summed E-state index contributed by atoms with van der Waals surface area (Å²) in [4.78, 5) is 13.6. The first-order chi connectivity index (χ1) is 12.7. The number of nitrogens with one attached hydrogen (secondary N) is 1. The SMILES string of the molecule is COc1ccc(CN2C(=O)N[C@@](C#N)(C(F)(F)F)c3cc(Cl)ccc32)cc1. The third-order valence-corrected chi connectivity index (χ3v) is 4.52. The lowest BCUT2D eigenvalue weighted by Gasteiger charge is -2.40. The van der Waals surface area contributed by atoms with Crippen LogP contribution in [0.3, 0.4) is 0 Å². The highest BCUT2D eigenvalue weighted by molar-refractivity contribution is 6.30. The molecule has 0 saturated carbocycles. The molecule has 1 heterocycles. The van der Waals surface area contributed by atoms with Crippen molar-refractivity contribution >= 4 is 23.3 Å². The fourth-order valence-electron chi connectivity index (χ4n) is 2.89. The van der Waals surface area contributed by atoms with Crippen molar-refractivity contribution in [1.82, 2.24) is 5.32 Å². The second kappa shape index (κ2) is 6.67. The van der Waals surface area contributed by atoms with Crippen molar-refractivity contribution in [3.8, 4) is 11.8 Å². The molecule has 2 amide bonds. The molecule has 1 N–H and O–H groups in total. The van der Waals surface area contributed by atoms with E-state index in [0.717, 1.165) is 11.0 Å². The van der Waals surface area contributed by atoms with E-state index < -0.39 is 23.3 Å². The van der Waals surface area contributed by atoms with Crippen molar-refractivity contribution < 1.29 is 22.7 Å². The number of alkyl halides is 3. The summed E-state index contributed by atoms with van der Waals surface area (Å²) >= 11 is 5.87. The van der Waals surface area contributed by atoms with Crippen LogP contribution in [0.1, 0.15) is 11.1 Å². The molecule has 2 aromatic carbocycles. The molecule has 1 aliphatic heterocycles. The second-order valence-corrected chi connectivity index (χ2v) is 6.32. The van der Waals surface area contributed by atoms with Crippen molar-refractivity contribution in [1.29, 1.82) is 5.26 Å². The predicted octanol–water partition coefficient (Wildman–Crippen LogP) is 4.36. The summed E-state index contributed by atoms with van der Waals surface area (Å²) in [6.07, 6.45) is -5.02. The van der Waals surface area contributed by atoms with Crippen molar-refractivity contribution in [2.45, 2.75) is 18.3 Å². The van der Waals surface area contributed by atoms with E-state index in [9.17, 15) is 23.2 Å². The number of nitrogens with zero attached hydrogens (tertiary/aromatic N) is 2. The zero-order chi connectivity index (χ0) is 19.8. The van der Waals surface area contributed by atoms with Crippen LogP contribution >= 0.6 is 11.6 Å². The molecule has 27 heavy (non-hydrogen) atoms. The topological polar surface area (TPSA) is 65.4 Å². The van der Waals surface area contributed by atoms with E-state index in [1.165, 1.54) is 25.3 Å². The number of methoxy groups -OCH3 is 1. The van der Waals surface area contributed by atoms with Crippen molar-refractivity contribution in [2.75, 3.05) is 12.0 Å². The summed E-state index contributed by atoms with van der Waals surface area (Å²) in [6.45, 7) is 0.00380. The van der Waals surface area contributed by atoms with E-state index in [4.69, 9.17) is 16.3 Å². The van der Waals surface area contributed by atoms with E-state index in [0.29, 0.717) is 11.3 Å². The molecule has 1 aliphatic rings. The number of fused-ring (bicyclic) bond motifs is 1. The molecule has 0 fully saturated rings. The minimum absolute atomic E-state index is 0.00380. The van der Waals surface area contributed by atoms with Crippen LogP contribution in [0.2, 0.25) is 5.02 Å². The van der Waals surface area contributed by atoms with Gasteiger partial charge in [-0.15, -0.1) is 0 Å². The zero-order valence-electron chi connectivity index (χ0n) is 14.0. The number of benzene rings is 2. The summed E-state index contributed by atoms with van der Waals surface area (Å²) in [7, 11) is 1.51. The number of ether oxygens (including phenoxy) is 1. The summed E-state index contributed by atoms with van der Waals surface area (Å²) in [5.74, 6) is 0.606. The van der Waals surface area contributed by atoms with Crippen LogP contribution in [0.4, 0.5) is 23.7 Å². The van der Waals surface area contributed by atoms with Gasteiger partial charge in [0.2, 0.25) is 0 Å². The van der Waals surface area contributed by atoms with Gasteiger partial charge in [0, 0.05) is 10.6 Å². The standard InChI is InChI=1S/C18H13ClF3N3O2/c1-27-13-5-2-11(3-6-13)9-25-15-7-4-12(19)8-14(15)17(10-23,18(20,21)22)24-16(25)26/h2-8H,9H2,1H3,(H,24,26)/t17-/m1/s1. The molecule has 2 aromatic rings. The number of hydrogen-bond donors (Lipinski definition) is 1. The van der Waals surface area contributed by atoms with Crippen LogP contribution in [-0.4, -0.2) is 19.3 Å². The number of amides is 2. The highest BCUT2D eigenvalue weighted by atomic mass is 35.5. The van der Waals surface area contributed by atoms with Crippen molar-refractivity contribution in [3.05, 3.63) is 58.6 Å². The van der Waals surface area contributed by atoms with Gasteiger partial charge in [-0.05, 0) is 35.9 Å². The summed E-state index contributed by atoms with van der Waals surface area (Å²) in [5.41, 5.74) is -2.94. The lowest BCUT2D eigenvalue weighted by Crippen LogP contribution is -2.62. The Balaban J connectivity index is 2.09. The molecule has 140 valence electrons. The molecule has 5 nitrogen and oxygen atoms in total. The first kappa shape index (κ1) is 18.9. The van der Waals surface area contributed by atoms with Crippen LogP contribution in [0.15, 0.2) is 42.5 Å². The largest absolute Gasteiger partial charge is 0.497 e. The quantitative estimate of drug-likeness (QED) is 0.839. The predicted molar refractivity (Wildman–Crippen MR) is 92.5 cm³/mol. The lowest BCUT2D eigenvalue weighted by atomic mass is 9.87. The number of nitriles is 1. The van der Waals surface area contributed by atoms with E-state index in [1.807, 2.05) is 5.32 Å². The smallest absolute Gasteiger partial charge is 0.429 e. The average molecular weight is 396 g/mol. The van der Waals surface area contributed by atoms with Gasteiger partial charge in [0.1, 0.15) is 11.8 Å². The lowest BCUT2D eigenvalue weighted by molar-refractivity contribution is -0.179. The Kier molecular flexibility index (Phi) is 4.66. The Hall–Kier alpha value is -2.92. The van der Waals surface area contributed by atoms with Gasteiger partial charge in [0.15, 0.2) is 0 Å². The van der Waals surface area contributed by atoms with Gasteiger partial charge in [-0.1, -0.05) is 23.7 Å². The Bertz CT molecular complexity index is 925. The third-order valence-electron chi connectivity index (χ3n) is 4.29. The normalized spacial score (nSPS) is 19.1. The highest BCUT2D eigenvalue weighted by Gasteiger charge is 2.61. The molecule has 3 rings (SSSR count). The minimum Gasteiger partial charge on any atom is -0.497 e. The molecule has 0 unspecified atom stereocenters. The van der Waals surface area contributed by atoms with Gasteiger partial charge in [-0.2, -0.15) is 18.4 Å². The maximum Gasteiger partial charge on any atom is 0.429 e. The Morgan fingerprint density at radius 2 is 1.93 bits per heavy atom. The van der Waals surface area contributed by atoms with Crippen LogP contribution in [-0.2, 0) is 12.1 Å².